The summed E-state index contributed by atoms with van der Waals surface area (Å²) in [6.45, 7) is 0. The molecule has 3 aromatic carbocycles. The van der Waals surface area contributed by atoms with Crippen LogP contribution in [0.2, 0.25) is 0 Å². The van der Waals surface area contributed by atoms with E-state index in [0.717, 1.165) is 37.9 Å². The van der Waals surface area contributed by atoms with Gasteiger partial charge < -0.3 is 10.1 Å². The fraction of sp³-hybridized carbons (Fsp3) is 0.200. The normalized spacial score (nSPS) is 21.1. The Balaban J connectivity index is 1.51. The number of allylic oxidation sites excluding steroid dienone is 2. The molecule has 3 aromatic rings. The van der Waals surface area contributed by atoms with Crippen LogP contribution in [0.4, 0.5) is 11.4 Å². The van der Waals surface area contributed by atoms with Gasteiger partial charge in [-0.1, -0.05) is 50.1 Å². The number of rotatable bonds is 5. The van der Waals surface area contributed by atoms with E-state index in [0.29, 0.717) is 5.69 Å². The molecule has 0 unspecified atom stereocenters. The van der Waals surface area contributed by atoms with Gasteiger partial charge in [0.1, 0.15) is 5.75 Å². The molecule has 0 radical (unpaired) electrons. The summed E-state index contributed by atoms with van der Waals surface area (Å²) >= 11 is 6.97. The molecule has 0 fully saturated rings. The van der Waals surface area contributed by atoms with Gasteiger partial charge in [0, 0.05) is 31.8 Å². The van der Waals surface area contributed by atoms with E-state index >= 15 is 0 Å². The molecule has 170 valence electrons. The number of sulfonamides is 1. The van der Waals surface area contributed by atoms with Gasteiger partial charge >= 0.3 is 0 Å². The van der Waals surface area contributed by atoms with Gasteiger partial charge in [0.2, 0.25) is 0 Å². The first-order valence-corrected chi connectivity index (χ1v) is 13.6. The predicted molar refractivity (Wildman–Crippen MR) is 138 cm³/mol. The third-order valence-electron chi connectivity index (χ3n) is 6.25. The average Bonchev–Trinajstić information content (AvgIpc) is 3.28. The summed E-state index contributed by atoms with van der Waals surface area (Å²) in [4.78, 5) is 0.251. The first kappa shape index (κ1) is 22.5. The maximum Gasteiger partial charge on any atom is 0.261 e. The zero-order valence-electron chi connectivity index (χ0n) is 17.8. The van der Waals surface area contributed by atoms with Crippen molar-refractivity contribution in [1.29, 1.82) is 0 Å². The summed E-state index contributed by atoms with van der Waals surface area (Å²) < 4.78 is 36.4. The van der Waals surface area contributed by atoms with Gasteiger partial charge in [0.15, 0.2) is 0 Å². The Morgan fingerprint density at radius 2 is 1.82 bits per heavy atom. The second kappa shape index (κ2) is 8.81. The summed E-state index contributed by atoms with van der Waals surface area (Å²) in [5.41, 5.74) is 3.54. The van der Waals surface area contributed by atoms with Gasteiger partial charge in [-0.15, -0.1) is 0 Å². The van der Waals surface area contributed by atoms with Crippen molar-refractivity contribution in [2.75, 3.05) is 17.1 Å². The van der Waals surface area contributed by atoms with Crippen molar-refractivity contribution in [3.8, 4) is 5.75 Å². The van der Waals surface area contributed by atoms with Crippen LogP contribution in [0.5, 0.6) is 5.75 Å². The number of hydrogen-bond donors (Lipinski definition) is 2. The number of methoxy groups -OCH3 is 1. The molecule has 0 saturated heterocycles. The standard InChI is InChI=1S/C25H22Br2N2O3S/c1-32-24-11-8-16(27)13-22(24)25-20-7-3-6-19(20)21-14-18(9-10-23(21)28-25)33(30,31)29-17-5-2-4-15(26)12-17/h2-6,8-14,19-20,25,28-29H,7H2,1H3/t19-,20+,25-/m0/s1. The second-order valence-corrected chi connectivity index (χ2v) is 11.7. The Morgan fingerprint density at radius 3 is 2.61 bits per heavy atom. The van der Waals surface area contributed by atoms with Crippen molar-refractivity contribution < 1.29 is 13.2 Å². The molecule has 5 rings (SSSR count). The molecule has 3 atom stereocenters. The minimum Gasteiger partial charge on any atom is -0.496 e. The van der Waals surface area contributed by atoms with Crippen LogP contribution in [-0.4, -0.2) is 15.5 Å². The van der Waals surface area contributed by atoms with Crippen molar-refractivity contribution >= 4 is 53.3 Å². The molecule has 2 aliphatic rings. The molecule has 5 nitrogen and oxygen atoms in total. The predicted octanol–water partition coefficient (Wildman–Crippen LogP) is 6.85. The number of benzene rings is 3. The van der Waals surface area contributed by atoms with Gasteiger partial charge in [0.05, 0.1) is 18.0 Å². The van der Waals surface area contributed by atoms with E-state index in [1.54, 1.807) is 37.4 Å². The summed E-state index contributed by atoms with van der Waals surface area (Å²) in [7, 11) is -2.04. The molecule has 0 saturated carbocycles. The molecular weight excluding hydrogens is 568 g/mol. The van der Waals surface area contributed by atoms with E-state index in [1.807, 2.05) is 24.3 Å². The van der Waals surface area contributed by atoms with Crippen LogP contribution in [-0.2, 0) is 10.0 Å². The van der Waals surface area contributed by atoms with Crippen LogP contribution in [0.15, 0.2) is 86.7 Å². The third kappa shape index (κ3) is 4.32. The summed E-state index contributed by atoms with van der Waals surface area (Å²) in [6.07, 6.45) is 5.29. The van der Waals surface area contributed by atoms with Gasteiger partial charge in [-0.05, 0) is 72.5 Å². The topological polar surface area (TPSA) is 67.4 Å². The molecule has 0 amide bonds. The lowest BCUT2D eigenvalue weighted by Gasteiger charge is -2.38. The van der Waals surface area contributed by atoms with Crippen LogP contribution < -0.4 is 14.8 Å². The van der Waals surface area contributed by atoms with E-state index in [2.05, 4.69) is 60.1 Å². The monoisotopic (exact) mass is 588 g/mol. The van der Waals surface area contributed by atoms with Crippen molar-refractivity contribution in [1.82, 2.24) is 0 Å². The maximum absolute atomic E-state index is 13.1. The molecule has 2 N–H and O–H groups in total. The highest BCUT2D eigenvalue weighted by atomic mass is 79.9. The fourth-order valence-corrected chi connectivity index (χ4v) is 6.62. The van der Waals surface area contributed by atoms with Crippen molar-refractivity contribution in [3.63, 3.8) is 0 Å². The number of halogens is 2. The van der Waals surface area contributed by atoms with Crippen LogP contribution in [0.25, 0.3) is 0 Å². The number of anilines is 2. The van der Waals surface area contributed by atoms with Gasteiger partial charge in [-0.3, -0.25) is 4.72 Å². The zero-order chi connectivity index (χ0) is 23.2. The lowest BCUT2D eigenvalue weighted by molar-refractivity contribution is 0.381. The molecule has 0 bridgehead atoms. The first-order valence-electron chi connectivity index (χ1n) is 10.5. The minimum absolute atomic E-state index is 0.0483. The van der Waals surface area contributed by atoms with Crippen molar-refractivity contribution in [2.24, 2.45) is 5.92 Å². The van der Waals surface area contributed by atoms with Crippen molar-refractivity contribution in [2.45, 2.75) is 23.3 Å². The third-order valence-corrected chi connectivity index (χ3v) is 8.61. The molecule has 1 heterocycles. The number of fused-ring (bicyclic) bond motifs is 3. The maximum atomic E-state index is 13.1. The van der Waals surface area contributed by atoms with Gasteiger partial charge in [0.25, 0.3) is 10.0 Å². The molecule has 0 aromatic heterocycles. The van der Waals surface area contributed by atoms with E-state index in [-0.39, 0.29) is 22.8 Å². The van der Waals surface area contributed by atoms with Crippen LogP contribution >= 0.6 is 31.9 Å². The number of ether oxygens (including phenoxy) is 1. The van der Waals surface area contributed by atoms with E-state index in [1.165, 1.54) is 0 Å². The molecule has 1 aliphatic carbocycles. The quantitative estimate of drug-likeness (QED) is 0.319. The summed E-state index contributed by atoms with van der Waals surface area (Å²) in [5.74, 6) is 1.22. The van der Waals surface area contributed by atoms with Crippen LogP contribution in [0, 0.1) is 5.92 Å². The summed E-state index contributed by atoms with van der Waals surface area (Å²) in [6, 6.07) is 18.5. The SMILES string of the molecule is COc1ccc(Br)cc1[C@H]1Nc2ccc(S(=O)(=O)Nc3cccc(Br)c3)cc2[C@H]2C=CC[C@H]21. The lowest BCUT2D eigenvalue weighted by Crippen LogP contribution is -2.29. The van der Waals surface area contributed by atoms with Gasteiger partial charge in [-0.2, -0.15) is 0 Å². The molecule has 1 aliphatic heterocycles. The highest BCUT2D eigenvalue weighted by molar-refractivity contribution is 9.10. The number of nitrogens with one attached hydrogen (secondary N) is 2. The second-order valence-electron chi connectivity index (χ2n) is 8.23. The first-order chi connectivity index (χ1) is 15.9. The Morgan fingerprint density at radius 1 is 1.00 bits per heavy atom. The van der Waals surface area contributed by atoms with Crippen LogP contribution in [0.3, 0.4) is 0 Å². The highest BCUT2D eigenvalue weighted by Crippen LogP contribution is 2.51. The Hall–Kier alpha value is -2.29. The number of hydrogen-bond acceptors (Lipinski definition) is 4. The van der Waals surface area contributed by atoms with Crippen molar-refractivity contribution in [3.05, 3.63) is 92.9 Å². The zero-order valence-corrected chi connectivity index (χ0v) is 21.7. The molecule has 8 heteroatoms. The van der Waals surface area contributed by atoms with E-state index < -0.39 is 10.0 Å². The molecular formula is C25H22Br2N2O3S. The smallest absolute Gasteiger partial charge is 0.261 e. The Kier molecular flexibility index (Phi) is 6.01. The molecule has 33 heavy (non-hydrogen) atoms. The summed E-state index contributed by atoms with van der Waals surface area (Å²) in [5, 5.41) is 3.66. The Bertz CT molecular complexity index is 1360. The average molecular weight is 590 g/mol. The highest BCUT2D eigenvalue weighted by Gasteiger charge is 2.39. The van der Waals surface area contributed by atoms with Crippen LogP contribution in [0.1, 0.15) is 29.5 Å². The molecule has 0 spiro atoms. The largest absolute Gasteiger partial charge is 0.496 e. The van der Waals surface area contributed by atoms with Gasteiger partial charge in [-0.25, -0.2) is 8.42 Å². The minimum atomic E-state index is -3.72. The lowest BCUT2D eigenvalue weighted by atomic mass is 9.77. The van der Waals surface area contributed by atoms with E-state index in [9.17, 15) is 8.42 Å². The Labute approximate surface area is 210 Å². The fourth-order valence-electron chi connectivity index (χ4n) is 4.76. The van der Waals surface area contributed by atoms with E-state index in [4.69, 9.17) is 4.74 Å².